The van der Waals surface area contributed by atoms with Crippen LogP contribution in [0.4, 0.5) is 0 Å². The molecular formula is C18H22N2O3. The number of methoxy groups -OCH3 is 1. The Morgan fingerprint density at radius 3 is 2.83 bits per heavy atom. The van der Waals surface area contributed by atoms with Crippen molar-refractivity contribution in [3.8, 4) is 17.6 Å². The Bertz CT molecular complexity index is 615. The van der Waals surface area contributed by atoms with Crippen LogP contribution in [0.1, 0.15) is 25.3 Å². The van der Waals surface area contributed by atoms with Gasteiger partial charge < -0.3 is 14.8 Å². The first-order valence-corrected chi connectivity index (χ1v) is 7.48. The first-order valence-electron chi connectivity index (χ1n) is 7.48. The highest BCUT2D eigenvalue weighted by molar-refractivity contribution is 6.01. The predicted molar refractivity (Wildman–Crippen MR) is 90.2 cm³/mol. The molecule has 1 rings (SSSR count). The number of hydrogen-bond donors (Lipinski definition) is 1. The van der Waals surface area contributed by atoms with Gasteiger partial charge in [-0.1, -0.05) is 25.5 Å². The van der Waals surface area contributed by atoms with Gasteiger partial charge in [0, 0.05) is 6.54 Å². The number of nitrogens with zero attached hydrogens (tertiary/aromatic N) is 1. The Morgan fingerprint density at radius 2 is 2.22 bits per heavy atom. The summed E-state index contributed by atoms with van der Waals surface area (Å²) in [7, 11) is 1.55. The SMILES string of the molecule is C=CCNC(=O)/C(C#N)=C/c1ccc(OCCCC)c(OC)c1. The highest BCUT2D eigenvalue weighted by Gasteiger charge is 2.09. The van der Waals surface area contributed by atoms with Gasteiger partial charge in [0.05, 0.1) is 13.7 Å². The summed E-state index contributed by atoms with van der Waals surface area (Å²) in [5.74, 6) is 0.779. The number of ether oxygens (including phenoxy) is 2. The first kappa shape index (κ1) is 18.3. The molecule has 1 aromatic carbocycles. The van der Waals surface area contributed by atoms with E-state index in [1.807, 2.05) is 6.07 Å². The number of rotatable bonds is 9. The second-order valence-electron chi connectivity index (χ2n) is 4.78. The van der Waals surface area contributed by atoms with Gasteiger partial charge in [0.1, 0.15) is 11.6 Å². The fraction of sp³-hybridized carbons (Fsp3) is 0.333. The molecule has 0 radical (unpaired) electrons. The topological polar surface area (TPSA) is 71.4 Å². The van der Waals surface area contributed by atoms with Gasteiger partial charge in [0.2, 0.25) is 0 Å². The van der Waals surface area contributed by atoms with Crippen molar-refractivity contribution >= 4 is 12.0 Å². The lowest BCUT2D eigenvalue weighted by Gasteiger charge is -2.11. The Hall–Kier alpha value is -2.74. The van der Waals surface area contributed by atoms with Crippen LogP contribution in [0.5, 0.6) is 11.5 Å². The molecule has 0 aliphatic carbocycles. The van der Waals surface area contributed by atoms with E-state index < -0.39 is 5.91 Å². The molecule has 0 heterocycles. The lowest BCUT2D eigenvalue weighted by molar-refractivity contribution is -0.116. The van der Waals surface area contributed by atoms with Crippen molar-refractivity contribution in [1.29, 1.82) is 5.26 Å². The molecule has 1 N–H and O–H groups in total. The molecule has 1 aromatic rings. The normalized spacial score (nSPS) is 10.6. The molecule has 122 valence electrons. The molecule has 0 atom stereocenters. The van der Waals surface area contributed by atoms with Crippen LogP contribution in [0.25, 0.3) is 6.08 Å². The van der Waals surface area contributed by atoms with E-state index in [2.05, 4.69) is 18.8 Å². The summed E-state index contributed by atoms with van der Waals surface area (Å²) in [4.78, 5) is 11.8. The van der Waals surface area contributed by atoms with E-state index in [0.717, 1.165) is 12.8 Å². The number of unbranched alkanes of at least 4 members (excludes halogenated alkanes) is 1. The number of nitrogens with one attached hydrogen (secondary N) is 1. The van der Waals surface area contributed by atoms with Crippen LogP contribution in [0, 0.1) is 11.3 Å². The van der Waals surface area contributed by atoms with E-state index in [1.54, 1.807) is 31.4 Å². The van der Waals surface area contributed by atoms with Gasteiger partial charge in [-0.05, 0) is 30.2 Å². The first-order chi connectivity index (χ1) is 11.2. The van der Waals surface area contributed by atoms with E-state index in [-0.39, 0.29) is 5.57 Å². The standard InChI is InChI=1S/C18H22N2O3/c1-4-6-10-23-16-8-7-14(12-17(16)22-3)11-15(13-19)18(21)20-9-5-2/h5,7-8,11-12H,2,4,6,9-10H2,1,3H3,(H,20,21)/b15-11+. The largest absolute Gasteiger partial charge is 0.493 e. The molecule has 5 nitrogen and oxygen atoms in total. The zero-order chi connectivity index (χ0) is 17.1. The maximum Gasteiger partial charge on any atom is 0.262 e. The van der Waals surface area contributed by atoms with E-state index in [9.17, 15) is 4.79 Å². The van der Waals surface area contributed by atoms with Gasteiger partial charge in [-0.2, -0.15) is 5.26 Å². The van der Waals surface area contributed by atoms with Crippen molar-refractivity contribution in [2.24, 2.45) is 0 Å². The van der Waals surface area contributed by atoms with Crippen molar-refractivity contribution in [3.05, 3.63) is 42.0 Å². The highest BCUT2D eigenvalue weighted by atomic mass is 16.5. The lowest BCUT2D eigenvalue weighted by atomic mass is 10.1. The summed E-state index contributed by atoms with van der Waals surface area (Å²) in [5.41, 5.74) is 0.712. The summed E-state index contributed by atoms with van der Waals surface area (Å²) >= 11 is 0. The van der Waals surface area contributed by atoms with Crippen molar-refractivity contribution in [3.63, 3.8) is 0 Å². The average molecular weight is 314 g/mol. The second-order valence-corrected chi connectivity index (χ2v) is 4.78. The number of carbonyl (C=O) groups is 1. The quantitative estimate of drug-likeness (QED) is 0.329. The van der Waals surface area contributed by atoms with Crippen molar-refractivity contribution in [2.45, 2.75) is 19.8 Å². The maximum atomic E-state index is 11.8. The third kappa shape index (κ3) is 5.87. The Labute approximate surface area is 137 Å². The van der Waals surface area contributed by atoms with Crippen LogP contribution in [0.3, 0.4) is 0 Å². The zero-order valence-electron chi connectivity index (χ0n) is 13.6. The number of nitriles is 1. The molecule has 0 fully saturated rings. The summed E-state index contributed by atoms with van der Waals surface area (Å²) in [6.07, 6.45) is 5.08. The molecule has 0 spiro atoms. The van der Waals surface area contributed by atoms with E-state index in [4.69, 9.17) is 14.7 Å². The minimum atomic E-state index is -0.436. The van der Waals surface area contributed by atoms with Crippen LogP contribution in [0.15, 0.2) is 36.4 Å². The van der Waals surface area contributed by atoms with Gasteiger partial charge in [-0.15, -0.1) is 6.58 Å². The van der Waals surface area contributed by atoms with Crippen LogP contribution >= 0.6 is 0 Å². The average Bonchev–Trinajstić information content (AvgIpc) is 2.58. The number of hydrogen-bond acceptors (Lipinski definition) is 4. The molecule has 0 saturated carbocycles. The minimum Gasteiger partial charge on any atom is -0.493 e. The molecule has 0 unspecified atom stereocenters. The molecule has 0 aliphatic rings. The third-order valence-electron chi connectivity index (χ3n) is 3.03. The van der Waals surface area contributed by atoms with Crippen LogP contribution in [-0.2, 0) is 4.79 Å². The molecule has 0 aromatic heterocycles. The van der Waals surface area contributed by atoms with E-state index >= 15 is 0 Å². The summed E-state index contributed by atoms with van der Waals surface area (Å²) in [6, 6.07) is 7.19. The molecule has 0 aliphatic heterocycles. The van der Waals surface area contributed by atoms with Gasteiger partial charge in [-0.25, -0.2) is 0 Å². The van der Waals surface area contributed by atoms with Gasteiger partial charge in [-0.3, -0.25) is 4.79 Å². The minimum absolute atomic E-state index is 0.0218. The fourth-order valence-corrected chi connectivity index (χ4v) is 1.80. The van der Waals surface area contributed by atoms with Crippen LogP contribution in [0.2, 0.25) is 0 Å². The van der Waals surface area contributed by atoms with Crippen LogP contribution < -0.4 is 14.8 Å². The van der Waals surface area contributed by atoms with Crippen molar-refractivity contribution < 1.29 is 14.3 Å². The molecule has 23 heavy (non-hydrogen) atoms. The Kier molecular flexibility index (Phi) is 8.01. The Morgan fingerprint density at radius 1 is 1.43 bits per heavy atom. The summed E-state index contributed by atoms with van der Waals surface area (Å²) < 4.78 is 11.0. The smallest absolute Gasteiger partial charge is 0.262 e. The van der Waals surface area contributed by atoms with E-state index in [1.165, 1.54) is 6.08 Å². The third-order valence-corrected chi connectivity index (χ3v) is 3.03. The van der Waals surface area contributed by atoms with Gasteiger partial charge in [0.15, 0.2) is 11.5 Å². The molecule has 0 bridgehead atoms. The van der Waals surface area contributed by atoms with Crippen molar-refractivity contribution in [2.75, 3.05) is 20.3 Å². The monoisotopic (exact) mass is 314 g/mol. The van der Waals surface area contributed by atoms with E-state index in [0.29, 0.717) is 30.2 Å². The molecular weight excluding hydrogens is 292 g/mol. The Balaban J connectivity index is 2.95. The summed E-state index contributed by atoms with van der Waals surface area (Å²) in [5, 5.41) is 11.7. The molecule has 5 heteroatoms. The molecule has 0 saturated heterocycles. The maximum absolute atomic E-state index is 11.8. The second kappa shape index (κ2) is 10.1. The highest BCUT2D eigenvalue weighted by Crippen LogP contribution is 2.29. The predicted octanol–water partition coefficient (Wildman–Crippen LogP) is 3.08. The van der Waals surface area contributed by atoms with Crippen molar-refractivity contribution in [1.82, 2.24) is 5.32 Å². The number of carbonyl (C=O) groups excluding carboxylic acids is 1. The number of amides is 1. The van der Waals surface area contributed by atoms with Gasteiger partial charge >= 0.3 is 0 Å². The fourth-order valence-electron chi connectivity index (χ4n) is 1.80. The molecule has 1 amide bonds. The zero-order valence-corrected chi connectivity index (χ0v) is 13.6. The van der Waals surface area contributed by atoms with Crippen LogP contribution in [-0.4, -0.2) is 26.2 Å². The number of benzene rings is 1. The summed E-state index contributed by atoms with van der Waals surface area (Å²) in [6.45, 7) is 6.54. The van der Waals surface area contributed by atoms with Gasteiger partial charge in [0.25, 0.3) is 5.91 Å². The lowest BCUT2D eigenvalue weighted by Crippen LogP contribution is -2.24.